The molecule has 0 aromatic heterocycles. The van der Waals surface area contributed by atoms with Crippen LogP contribution in [0.2, 0.25) is 0 Å². The van der Waals surface area contributed by atoms with Crippen LogP contribution in [0.1, 0.15) is 32.6 Å². The van der Waals surface area contributed by atoms with Crippen LogP contribution < -0.4 is 10.6 Å². The van der Waals surface area contributed by atoms with E-state index >= 15 is 0 Å². The molecule has 6 nitrogen and oxygen atoms in total. The zero-order chi connectivity index (χ0) is 16.9. The van der Waals surface area contributed by atoms with Crippen LogP contribution in [0.5, 0.6) is 0 Å². The van der Waals surface area contributed by atoms with Gasteiger partial charge in [-0.1, -0.05) is 11.6 Å². The molecule has 0 spiro atoms. The Morgan fingerprint density at radius 3 is 2.96 bits per heavy atom. The molecule has 7 heteroatoms. The number of halogens is 1. The maximum Gasteiger partial charge on any atom is 0.191 e. The first-order valence-corrected chi connectivity index (χ1v) is 9.31. The quantitative estimate of drug-likeness (QED) is 0.170. The van der Waals surface area contributed by atoms with Gasteiger partial charge in [0, 0.05) is 38.8 Å². The molecule has 2 heterocycles. The van der Waals surface area contributed by atoms with Crippen LogP contribution in [0, 0.1) is 5.92 Å². The van der Waals surface area contributed by atoms with Crippen molar-refractivity contribution in [1.29, 1.82) is 0 Å². The van der Waals surface area contributed by atoms with Crippen molar-refractivity contribution >= 4 is 29.9 Å². The molecule has 0 aromatic carbocycles. The third kappa shape index (κ3) is 10.4. The molecule has 2 rings (SSSR count). The molecule has 1 fully saturated rings. The molecular formula is C18H34IN3O3. The summed E-state index contributed by atoms with van der Waals surface area (Å²) >= 11 is 0. The minimum absolute atomic E-state index is 0. The predicted octanol–water partition coefficient (Wildman–Crippen LogP) is 2.34. The van der Waals surface area contributed by atoms with E-state index < -0.39 is 0 Å². The Morgan fingerprint density at radius 1 is 1.32 bits per heavy atom. The predicted molar refractivity (Wildman–Crippen MR) is 112 cm³/mol. The van der Waals surface area contributed by atoms with Gasteiger partial charge in [-0.3, -0.25) is 4.99 Å². The average Bonchev–Trinajstić information content (AvgIpc) is 3.12. The molecule has 0 radical (unpaired) electrons. The van der Waals surface area contributed by atoms with Crippen molar-refractivity contribution < 1.29 is 14.2 Å². The van der Waals surface area contributed by atoms with Gasteiger partial charge in [0.05, 0.1) is 26.4 Å². The van der Waals surface area contributed by atoms with Crippen molar-refractivity contribution in [2.75, 3.05) is 59.3 Å². The molecule has 25 heavy (non-hydrogen) atoms. The second-order valence-corrected chi connectivity index (χ2v) is 6.28. The van der Waals surface area contributed by atoms with Gasteiger partial charge >= 0.3 is 0 Å². The van der Waals surface area contributed by atoms with Gasteiger partial charge in [-0.15, -0.1) is 24.0 Å². The summed E-state index contributed by atoms with van der Waals surface area (Å²) in [6, 6.07) is 0. The highest BCUT2D eigenvalue weighted by atomic mass is 127. The van der Waals surface area contributed by atoms with Crippen molar-refractivity contribution in [1.82, 2.24) is 10.6 Å². The van der Waals surface area contributed by atoms with Gasteiger partial charge in [0.15, 0.2) is 5.96 Å². The Morgan fingerprint density at radius 2 is 2.24 bits per heavy atom. The Hall–Kier alpha value is -0.380. The number of ether oxygens (including phenoxy) is 3. The lowest BCUT2D eigenvalue weighted by Gasteiger charge is -2.15. The minimum atomic E-state index is 0. The van der Waals surface area contributed by atoms with Crippen molar-refractivity contribution in [3.05, 3.63) is 11.6 Å². The first-order chi connectivity index (χ1) is 11.9. The fourth-order valence-electron chi connectivity index (χ4n) is 2.80. The normalized spacial score (nSPS) is 20.8. The largest absolute Gasteiger partial charge is 0.381 e. The Labute approximate surface area is 169 Å². The first-order valence-electron chi connectivity index (χ1n) is 9.31. The number of hydrogen-bond acceptors (Lipinski definition) is 4. The van der Waals surface area contributed by atoms with Gasteiger partial charge in [-0.25, -0.2) is 0 Å². The highest BCUT2D eigenvalue weighted by Crippen LogP contribution is 2.12. The fourth-order valence-corrected chi connectivity index (χ4v) is 2.80. The van der Waals surface area contributed by atoms with Crippen LogP contribution in [0.15, 0.2) is 16.6 Å². The molecule has 0 saturated carbocycles. The van der Waals surface area contributed by atoms with E-state index in [9.17, 15) is 0 Å². The smallest absolute Gasteiger partial charge is 0.191 e. The van der Waals surface area contributed by atoms with Crippen molar-refractivity contribution in [2.45, 2.75) is 32.6 Å². The average molecular weight is 467 g/mol. The minimum Gasteiger partial charge on any atom is -0.381 e. The van der Waals surface area contributed by atoms with Gasteiger partial charge in [-0.05, 0) is 32.6 Å². The summed E-state index contributed by atoms with van der Waals surface area (Å²) in [5.41, 5.74) is 1.48. The van der Waals surface area contributed by atoms with E-state index in [1.807, 2.05) is 0 Å². The van der Waals surface area contributed by atoms with Crippen LogP contribution in [-0.4, -0.2) is 65.2 Å². The van der Waals surface area contributed by atoms with Crippen LogP contribution in [-0.2, 0) is 14.2 Å². The molecule has 1 atom stereocenters. The van der Waals surface area contributed by atoms with Crippen LogP contribution in [0.25, 0.3) is 0 Å². The number of hydrogen-bond donors (Lipinski definition) is 2. The number of nitrogens with one attached hydrogen (secondary N) is 2. The summed E-state index contributed by atoms with van der Waals surface area (Å²) in [4.78, 5) is 4.61. The topological polar surface area (TPSA) is 64.1 Å². The third-order valence-electron chi connectivity index (χ3n) is 4.23. The number of nitrogens with zero attached hydrogens (tertiary/aromatic N) is 1. The summed E-state index contributed by atoms with van der Waals surface area (Å²) in [6.07, 6.45) is 6.39. The molecule has 0 aliphatic carbocycles. The monoisotopic (exact) mass is 467 g/mol. The SMILES string of the molecule is CCNC(=NCCCOCC1CCOC1)NCCC1=CCOCC1.I. The molecule has 0 amide bonds. The van der Waals surface area contributed by atoms with E-state index in [1.165, 1.54) is 5.57 Å². The number of rotatable bonds is 10. The van der Waals surface area contributed by atoms with Crippen LogP contribution in [0.4, 0.5) is 0 Å². The lowest BCUT2D eigenvalue weighted by atomic mass is 10.1. The molecule has 2 aliphatic rings. The van der Waals surface area contributed by atoms with Gasteiger partial charge in [-0.2, -0.15) is 0 Å². The summed E-state index contributed by atoms with van der Waals surface area (Å²) in [5, 5.41) is 6.70. The molecule has 0 bridgehead atoms. The molecule has 1 unspecified atom stereocenters. The van der Waals surface area contributed by atoms with Gasteiger partial charge in [0.25, 0.3) is 0 Å². The lowest BCUT2D eigenvalue weighted by molar-refractivity contribution is 0.0893. The highest BCUT2D eigenvalue weighted by molar-refractivity contribution is 14.0. The highest BCUT2D eigenvalue weighted by Gasteiger charge is 2.15. The molecule has 1 saturated heterocycles. The van der Waals surface area contributed by atoms with Gasteiger partial charge in [0.1, 0.15) is 0 Å². The van der Waals surface area contributed by atoms with E-state index in [-0.39, 0.29) is 24.0 Å². The summed E-state index contributed by atoms with van der Waals surface area (Å²) in [5.74, 6) is 1.49. The summed E-state index contributed by atoms with van der Waals surface area (Å²) < 4.78 is 16.4. The van der Waals surface area contributed by atoms with Crippen molar-refractivity contribution in [3.8, 4) is 0 Å². The molecule has 2 aliphatic heterocycles. The van der Waals surface area contributed by atoms with Crippen molar-refractivity contribution in [3.63, 3.8) is 0 Å². The van der Waals surface area contributed by atoms with E-state index in [2.05, 4.69) is 28.6 Å². The molecule has 2 N–H and O–H groups in total. The van der Waals surface area contributed by atoms with E-state index in [4.69, 9.17) is 14.2 Å². The summed E-state index contributed by atoms with van der Waals surface area (Å²) in [7, 11) is 0. The van der Waals surface area contributed by atoms with Crippen molar-refractivity contribution in [2.24, 2.45) is 10.9 Å². The van der Waals surface area contributed by atoms with Crippen LogP contribution >= 0.6 is 24.0 Å². The lowest BCUT2D eigenvalue weighted by Crippen LogP contribution is -2.38. The zero-order valence-electron chi connectivity index (χ0n) is 15.4. The van der Waals surface area contributed by atoms with Crippen LogP contribution in [0.3, 0.4) is 0 Å². The second-order valence-electron chi connectivity index (χ2n) is 6.28. The molecule has 146 valence electrons. The maximum absolute atomic E-state index is 5.71. The third-order valence-corrected chi connectivity index (χ3v) is 4.23. The first kappa shape index (κ1) is 22.7. The zero-order valence-corrected chi connectivity index (χ0v) is 17.8. The number of guanidine groups is 1. The maximum atomic E-state index is 5.71. The standard InChI is InChI=1S/C18H33N3O3.HI/c1-2-19-18(21-9-4-16-5-11-22-12-6-16)20-8-3-10-23-14-17-7-13-24-15-17;/h5,17H,2-4,6-15H2,1H3,(H2,19,20,21);1H. The Balaban J connectivity index is 0.00000312. The van der Waals surface area contributed by atoms with E-state index in [1.54, 1.807) is 0 Å². The summed E-state index contributed by atoms with van der Waals surface area (Å²) in [6.45, 7) is 9.61. The van der Waals surface area contributed by atoms with Gasteiger partial charge in [0.2, 0.25) is 0 Å². The molecular weight excluding hydrogens is 433 g/mol. The number of aliphatic imine (C=N–C) groups is 1. The van der Waals surface area contributed by atoms with Gasteiger partial charge < -0.3 is 24.8 Å². The van der Waals surface area contributed by atoms with E-state index in [0.29, 0.717) is 5.92 Å². The Kier molecular flexibility index (Phi) is 13.4. The fraction of sp³-hybridized carbons (Fsp3) is 0.833. The Bertz CT molecular complexity index is 399. The second kappa shape index (κ2) is 14.8. The van der Waals surface area contributed by atoms with E-state index in [0.717, 1.165) is 90.9 Å². The molecule has 0 aromatic rings.